The van der Waals surface area contributed by atoms with Crippen LogP contribution in [0.5, 0.6) is 0 Å². The van der Waals surface area contributed by atoms with E-state index in [1.807, 2.05) is 79.1 Å². The molecule has 0 radical (unpaired) electrons. The number of alkyl halides is 3. The molecule has 0 bridgehead atoms. The molecule has 14 heteroatoms. The zero-order valence-electron chi connectivity index (χ0n) is 31.7. The van der Waals surface area contributed by atoms with Crippen LogP contribution >= 0.6 is 46.1 Å². The number of aliphatic hydroxyl groups excluding tert-OH is 1. The summed E-state index contributed by atoms with van der Waals surface area (Å²) in [4.78, 5) is 43.5. The maximum atomic E-state index is 14.3. The highest BCUT2D eigenvalue weighted by atomic mass is 35.6. The molecule has 0 aromatic carbocycles. The molecule has 1 heterocycles. The third kappa shape index (κ3) is 15.6. The second-order valence-electron chi connectivity index (χ2n) is 15.4. The molecule has 1 aromatic heterocycles. The zero-order valence-corrected chi connectivity index (χ0v) is 35.8. The first-order chi connectivity index (χ1) is 22.7. The Morgan fingerprint density at radius 3 is 2.18 bits per heavy atom. The number of carboxylic acids is 1. The quantitative estimate of drug-likeness (QED) is 0.0607. The van der Waals surface area contributed by atoms with E-state index < -0.39 is 60.5 Å². The van der Waals surface area contributed by atoms with E-state index in [4.69, 9.17) is 48.7 Å². The van der Waals surface area contributed by atoms with E-state index in [0.717, 1.165) is 34.7 Å². The summed E-state index contributed by atoms with van der Waals surface area (Å²) in [7, 11) is -2.48. The first-order valence-corrected chi connectivity index (χ1v) is 21.9. The molecule has 0 spiro atoms. The molecule has 0 aliphatic rings. The van der Waals surface area contributed by atoms with Gasteiger partial charge in [0.2, 0.25) is 3.79 Å². The summed E-state index contributed by atoms with van der Waals surface area (Å²) in [5.41, 5.74) is 1.53. The van der Waals surface area contributed by atoms with E-state index >= 15 is 0 Å². The molecule has 0 saturated carbocycles. The first-order valence-electron chi connectivity index (χ1n) is 17.0. The van der Waals surface area contributed by atoms with Crippen LogP contribution in [0.25, 0.3) is 6.08 Å². The predicted molar refractivity (Wildman–Crippen MR) is 207 cm³/mol. The van der Waals surface area contributed by atoms with Crippen LogP contribution in [0.3, 0.4) is 0 Å². The number of carboxylic acid groups (broad SMARTS) is 1. The Hall–Kier alpha value is -1.47. The lowest BCUT2D eigenvalue weighted by atomic mass is 9.73. The monoisotopic (exact) mass is 797 g/mol. The molecule has 0 saturated heterocycles. The number of thiazole rings is 1. The van der Waals surface area contributed by atoms with Crippen LogP contribution in [-0.4, -0.2) is 70.1 Å². The van der Waals surface area contributed by atoms with Crippen molar-refractivity contribution >= 4 is 78.4 Å². The lowest BCUT2D eigenvalue weighted by Crippen LogP contribution is -2.53. The van der Waals surface area contributed by atoms with Crippen LogP contribution < -0.4 is 0 Å². The number of rotatable bonds is 19. The van der Waals surface area contributed by atoms with Gasteiger partial charge in [-0.1, -0.05) is 94.9 Å². The number of hydrogen-bond acceptors (Lipinski definition) is 9. The van der Waals surface area contributed by atoms with Crippen molar-refractivity contribution in [2.24, 2.45) is 17.3 Å². The van der Waals surface area contributed by atoms with Gasteiger partial charge in [0.05, 0.1) is 35.2 Å². The Kier molecular flexibility index (Phi) is 18.2. The molecule has 0 unspecified atom stereocenters. The van der Waals surface area contributed by atoms with Gasteiger partial charge < -0.3 is 24.1 Å². The van der Waals surface area contributed by atoms with Crippen molar-refractivity contribution in [2.45, 2.75) is 142 Å². The topological polar surface area (TPSA) is 132 Å². The van der Waals surface area contributed by atoms with Gasteiger partial charge in [0.25, 0.3) is 0 Å². The SMILES string of the molecule is C/C(=C/C[C@H](O)/C(C)=C/c1csc(C)n1)CCC[C@H](C)[C@@H](OC(=O)OCC(Cl)(Cl)Cl)[C@H](C)C(=O)C(C)(C)[C@H](CC(=O)O)O[Si](C)(C)C(C)(C)C. The van der Waals surface area contributed by atoms with Crippen LogP contribution in [0.2, 0.25) is 18.1 Å². The minimum Gasteiger partial charge on any atom is -0.481 e. The molecule has 0 amide bonds. The number of aliphatic hydroxyl groups is 1. The summed E-state index contributed by atoms with van der Waals surface area (Å²) < 4.78 is 15.5. The number of carbonyl (C=O) groups is 3. The number of aliphatic carboxylic acids is 1. The molecule has 1 rings (SSSR count). The van der Waals surface area contributed by atoms with Gasteiger partial charge >= 0.3 is 12.1 Å². The maximum absolute atomic E-state index is 14.3. The number of halogens is 3. The molecule has 286 valence electrons. The van der Waals surface area contributed by atoms with Gasteiger partial charge in [-0.15, -0.1) is 11.3 Å². The second-order valence-corrected chi connectivity index (χ2v) is 23.8. The largest absolute Gasteiger partial charge is 0.508 e. The minimum absolute atomic E-state index is 0.220. The molecular formula is C36H58Cl3NO8SSi. The number of aromatic nitrogens is 1. The summed E-state index contributed by atoms with van der Waals surface area (Å²) in [6.45, 7) is 22.4. The van der Waals surface area contributed by atoms with Gasteiger partial charge in [-0.3, -0.25) is 9.59 Å². The normalized spacial score (nSPS) is 16.7. The van der Waals surface area contributed by atoms with Crippen molar-refractivity contribution in [3.63, 3.8) is 0 Å². The van der Waals surface area contributed by atoms with E-state index in [9.17, 15) is 24.6 Å². The molecule has 1 aromatic rings. The third-order valence-corrected chi connectivity index (χ3v) is 15.2. The highest BCUT2D eigenvalue weighted by Crippen LogP contribution is 2.42. The van der Waals surface area contributed by atoms with Crippen molar-refractivity contribution in [1.29, 1.82) is 0 Å². The average molecular weight is 799 g/mol. The molecule has 2 N–H and O–H groups in total. The number of hydrogen-bond donors (Lipinski definition) is 2. The number of aryl methyl sites for hydroxylation is 1. The average Bonchev–Trinajstić information content (AvgIpc) is 3.38. The molecular weight excluding hydrogens is 741 g/mol. The molecule has 0 aliphatic heterocycles. The smallest absolute Gasteiger partial charge is 0.481 e. The van der Waals surface area contributed by atoms with Gasteiger partial charge in [0.15, 0.2) is 8.32 Å². The summed E-state index contributed by atoms with van der Waals surface area (Å²) in [6, 6.07) is 0. The number of allylic oxidation sites excluding steroid dienone is 1. The van der Waals surface area contributed by atoms with Crippen LogP contribution in [0.4, 0.5) is 4.79 Å². The van der Waals surface area contributed by atoms with Crippen LogP contribution in [-0.2, 0) is 23.5 Å². The van der Waals surface area contributed by atoms with Crippen molar-refractivity contribution in [3.05, 3.63) is 33.3 Å². The van der Waals surface area contributed by atoms with E-state index in [2.05, 4.69) is 4.98 Å². The van der Waals surface area contributed by atoms with E-state index in [0.29, 0.717) is 12.8 Å². The van der Waals surface area contributed by atoms with Gasteiger partial charge in [0, 0.05) is 10.8 Å². The maximum Gasteiger partial charge on any atom is 0.508 e. The van der Waals surface area contributed by atoms with Crippen LogP contribution in [0.15, 0.2) is 22.6 Å². The Bertz CT molecular complexity index is 1350. The molecule has 9 nitrogen and oxygen atoms in total. The second kappa shape index (κ2) is 19.6. The van der Waals surface area contributed by atoms with Gasteiger partial charge in [-0.05, 0) is 82.2 Å². The van der Waals surface area contributed by atoms with E-state index in [1.165, 1.54) is 0 Å². The van der Waals surface area contributed by atoms with Crippen molar-refractivity contribution < 1.29 is 38.5 Å². The minimum atomic E-state index is -2.48. The Balaban J connectivity index is 3.16. The third-order valence-electron chi connectivity index (χ3n) is 9.55. The Labute approximate surface area is 319 Å². The molecule has 0 fully saturated rings. The molecule has 0 aliphatic carbocycles. The Morgan fingerprint density at radius 1 is 1.08 bits per heavy atom. The summed E-state index contributed by atoms with van der Waals surface area (Å²) in [5.74, 6) is -2.51. The van der Waals surface area contributed by atoms with Gasteiger partial charge in [-0.2, -0.15) is 0 Å². The standard InChI is InChI=1S/C36H58Cl3NO8SSi/c1-22(16-17-28(41)24(3)18-27-20-49-26(5)40-27)14-13-15-23(2)31(47-33(45)46-21-36(37,38)39)25(4)32(44)35(9,10)29(19-30(42)43)48-50(11,12)34(6,7)8/h16,18,20,23,25,28-29,31,41H,13-15,17,19,21H2,1-12H3,(H,42,43)/b22-16-,24-18+/t23-,25-,28-,29-,31+/m0/s1. The molecule has 5 atom stereocenters. The number of carbonyl (C=O) groups excluding carboxylic acids is 2. The number of ketones is 1. The Morgan fingerprint density at radius 2 is 1.68 bits per heavy atom. The fourth-order valence-corrected chi connectivity index (χ4v) is 7.45. The highest BCUT2D eigenvalue weighted by Gasteiger charge is 2.49. The van der Waals surface area contributed by atoms with Crippen molar-refractivity contribution in [1.82, 2.24) is 4.98 Å². The summed E-state index contributed by atoms with van der Waals surface area (Å²) in [6.07, 6.45) is 2.51. The van der Waals surface area contributed by atoms with Crippen LogP contribution in [0.1, 0.15) is 105 Å². The van der Waals surface area contributed by atoms with Gasteiger partial charge in [-0.25, -0.2) is 9.78 Å². The fraction of sp³-hybridized carbons (Fsp3) is 0.722. The highest BCUT2D eigenvalue weighted by molar-refractivity contribution is 7.09. The van der Waals surface area contributed by atoms with E-state index in [-0.39, 0.29) is 23.2 Å². The lowest BCUT2D eigenvalue weighted by molar-refractivity contribution is -0.147. The van der Waals surface area contributed by atoms with Crippen molar-refractivity contribution in [3.8, 4) is 0 Å². The fourth-order valence-electron chi connectivity index (χ4n) is 5.27. The number of nitrogens with zero attached hydrogens (tertiary/aromatic N) is 1. The summed E-state index contributed by atoms with van der Waals surface area (Å²) >= 11 is 18.9. The summed E-state index contributed by atoms with van der Waals surface area (Å²) in [5, 5.41) is 23.2. The number of Topliss-reactive ketones (excluding diaryl/α,β-unsaturated/α-hetero) is 1. The van der Waals surface area contributed by atoms with E-state index in [1.54, 1.807) is 32.1 Å². The van der Waals surface area contributed by atoms with Crippen molar-refractivity contribution in [2.75, 3.05) is 6.61 Å². The van der Waals surface area contributed by atoms with Gasteiger partial charge in [0.1, 0.15) is 18.5 Å². The van der Waals surface area contributed by atoms with Crippen LogP contribution in [0, 0.1) is 24.2 Å². The first kappa shape index (κ1) is 46.5. The number of ether oxygens (including phenoxy) is 2. The predicted octanol–water partition coefficient (Wildman–Crippen LogP) is 10.3. The lowest BCUT2D eigenvalue weighted by Gasteiger charge is -2.44. The molecule has 50 heavy (non-hydrogen) atoms. The zero-order chi connectivity index (χ0) is 38.8.